The van der Waals surface area contributed by atoms with E-state index in [9.17, 15) is 24.9 Å². The fraction of sp³-hybridized carbons (Fsp3) is 0.361. The molecule has 0 aliphatic heterocycles. The molecule has 4 rings (SSSR count). The predicted octanol–water partition coefficient (Wildman–Crippen LogP) is 5.39. The number of aromatic hydroxyl groups is 3. The van der Waals surface area contributed by atoms with Gasteiger partial charge in [-0.3, -0.25) is 0 Å². The number of hydrogen-bond acceptors (Lipinski definition) is 15. The van der Waals surface area contributed by atoms with Crippen LogP contribution in [0.5, 0.6) is 34.5 Å². The van der Waals surface area contributed by atoms with E-state index in [-0.39, 0.29) is 82.7 Å². The van der Waals surface area contributed by atoms with Gasteiger partial charge >= 0.3 is 11.9 Å². The van der Waals surface area contributed by atoms with Gasteiger partial charge in [-0.05, 0) is 77.9 Å². The Hall–Kier alpha value is -5.67. The normalized spacial score (nSPS) is 12.7. The monoisotopic (exact) mass is 707 g/mol. The first-order chi connectivity index (χ1) is 24.4. The molecule has 0 bridgehead atoms. The highest BCUT2D eigenvalue weighted by Gasteiger charge is 2.22. The zero-order valence-corrected chi connectivity index (χ0v) is 29.1. The zero-order chi connectivity index (χ0) is 37.1. The molecular formula is C36H41N3O12. The highest BCUT2D eigenvalue weighted by atomic mass is 17.2. The van der Waals surface area contributed by atoms with Crippen molar-refractivity contribution in [3.8, 4) is 68.7 Å². The first-order valence-electron chi connectivity index (χ1n) is 16.3. The van der Waals surface area contributed by atoms with E-state index < -0.39 is 30.3 Å². The molecule has 0 spiro atoms. The molecule has 0 amide bonds. The third kappa shape index (κ3) is 10.2. The molecule has 0 saturated heterocycles. The van der Waals surface area contributed by atoms with Crippen LogP contribution in [0, 0.1) is 0 Å². The highest BCUT2D eigenvalue weighted by molar-refractivity contribution is 5.77. The van der Waals surface area contributed by atoms with E-state index in [1.807, 2.05) is 0 Å². The van der Waals surface area contributed by atoms with E-state index in [0.29, 0.717) is 12.4 Å². The number of carbonyl (C=O) groups is 2. The van der Waals surface area contributed by atoms with Crippen LogP contribution in [0.4, 0.5) is 0 Å². The molecule has 272 valence electrons. The predicted molar refractivity (Wildman–Crippen MR) is 182 cm³/mol. The van der Waals surface area contributed by atoms with Gasteiger partial charge in [0.1, 0.15) is 47.2 Å². The number of hydrogen-bond donors (Lipinski definition) is 3. The minimum atomic E-state index is -0.934. The van der Waals surface area contributed by atoms with E-state index in [2.05, 4.69) is 15.0 Å². The Labute approximate surface area is 294 Å². The second-order valence-electron chi connectivity index (χ2n) is 11.0. The lowest BCUT2D eigenvalue weighted by Crippen LogP contribution is -2.26. The topological polar surface area (TPSA) is 198 Å². The van der Waals surface area contributed by atoms with Gasteiger partial charge in [-0.2, -0.15) is 0 Å². The van der Waals surface area contributed by atoms with Crippen molar-refractivity contribution in [2.24, 2.45) is 0 Å². The van der Waals surface area contributed by atoms with Crippen LogP contribution in [0.25, 0.3) is 34.2 Å². The van der Waals surface area contributed by atoms with Gasteiger partial charge in [-0.25, -0.2) is 34.3 Å². The average molecular weight is 708 g/mol. The van der Waals surface area contributed by atoms with Crippen molar-refractivity contribution in [2.75, 3.05) is 26.4 Å². The standard InChI is InChI=1S/C36H41N3O12/c1-7-45-35(43)21(5)50-24-11-14-27(30(41)17-24)33-37-32(26-13-10-23(16-29(26)40)49-20(4)19-48-47-9-3)38-34(39-33)28-15-12-25(18-31(28)42)51-22(6)36(44)46-8-2/h10-18,20-22,40-42H,7-9,19H2,1-6H3. The Kier molecular flexibility index (Phi) is 13.3. The molecule has 3 unspecified atom stereocenters. The van der Waals surface area contributed by atoms with Crippen LogP contribution < -0.4 is 14.2 Å². The summed E-state index contributed by atoms with van der Waals surface area (Å²) in [6, 6.07) is 13.1. The fourth-order valence-electron chi connectivity index (χ4n) is 4.58. The first kappa shape index (κ1) is 38.1. The summed E-state index contributed by atoms with van der Waals surface area (Å²) in [6.45, 7) is 10.9. The number of carbonyl (C=O) groups excluding carboxylic acids is 2. The Balaban J connectivity index is 1.74. The second-order valence-corrected chi connectivity index (χ2v) is 11.0. The first-order valence-corrected chi connectivity index (χ1v) is 16.3. The zero-order valence-electron chi connectivity index (χ0n) is 29.1. The minimum absolute atomic E-state index is 0.00176. The largest absolute Gasteiger partial charge is 0.507 e. The molecule has 0 aliphatic rings. The number of rotatable bonds is 17. The summed E-state index contributed by atoms with van der Waals surface area (Å²) >= 11 is 0. The van der Waals surface area contributed by atoms with Crippen molar-refractivity contribution < 1.29 is 58.4 Å². The molecule has 15 nitrogen and oxygen atoms in total. The molecular weight excluding hydrogens is 666 g/mol. The number of nitrogens with zero attached hydrogens (tertiary/aromatic N) is 3. The van der Waals surface area contributed by atoms with Gasteiger partial charge in [-0.1, -0.05) is 0 Å². The molecule has 51 heavy (non-hydrogen) atoms. The number of phenolic OH excluding ortho intramolecular Hbond substituents is 3. The summed E-state index contributed by atoms with van der Waals surface area (Å²) in [7, 11) is 0. The third-order valence-corrected chi connectivity index (χ3v) is 6.97. The Morgan fingerprint density at radius 3 is 1.27 bits per heavy atom. The van der Waals surface area contributed by atoms with Crippen LogP contribution in [0.15, 0.2) is 54.6 Å². The maximum Gasteiger partial charge on any atom is 0.347 e. The molecule has 1 heterocycles. The summed E-state index contributed by atoms with van der Waals surface area (Å²) in [5.41, 5.74) is 0.499. The van der Waals surface area contributed by atoms with Crippen molar-refractivity contribution in [1.29, 1.82) is 0 Å². The third-order valence-electron chi connectivity index (χ3n) is 6.97. The lowest BCUT2D eigenvalue weighted by Gasteiger charge is -2.16. The van der Waals surface area contributed by atoms with Crippen molar-refractivity contribution in [1.82, 2.24) is 15.0 Å². The van der Waals surface area contributed by atoms with Gasteiger partial charge in [0, 0.05) is 18.2 Å². The van der Waals surface area contributed by atoms with Crippen LogP contribution in [0.3, 0.4) is 0 Å². The van der Waals surface area contributed by atoms with E-state index >= 15 is 0 Å². The summed E-state index contributed by atoms with van der Waals surface area (Å²) in [6.07, 6.45) is -2.27. The molecule has 0 radical (unpaired) electrons. The quantitative estimate of drug-likeness (QED) is 0.0546. The van der Waals surface area contributed by atoms with Crippen LogP contribution in [-0.4, -0.2) is 86.9 Å². The molecule has 15 heteroatoms. The number of phenols is 3. The van der Waals surface area contributed by atoms with Crippen molar-refractivity contribution >= 4 is 11.9 Å². The van der Waals surface area contributed by atoms with Gasteiger partial charge in [-0.15, -0.1) is 0 Å². The number of esters is 2. The molecule has 1 aromatic heterocycles. The van der Waals surface area contributed by atoms with Gasteiger partial charge in [0.25, 0.3) is 0 Å². The van der Waals surface area contributed by atoms with Crippen molar-refractivity contribution in [3.05, 3.63) is 54.6 Å². The van der Waals surface area contributed by atoms with Crippen molar-refractivity contribution in [3.63, 3.8) is 0 Å². The second kappa shape index (κ2) is 17.8. The minimum Gasteiger partial charge on any atom is -0.507 e. The lowest BCUT2D eigenvalue weighted by atomic mass is 10.1. The molecule has 0 fully saturated rings. The van der Waals surface area contributed by atoms with Crippen molar-refractivity contribution in [2.45, 2.75) is 59.9 Å². The summed E-state index contributed by atoms with van der Waals surface area (Å²) in [5, 5.41) is 33.2. The van der Waals surface area contributed by atoms with E-state index in [1.54, 1.807) is 39.8 Å². The molecule has 3 N–H and O–H groups in total. The highest BCUT2D eigenvalue weighted by Crippen LogP contribution is 2.38. The smallest absolute Gasteiger partial charge is 0.347 e. The van der Waals surface area contributed by atoms with Gasteiger partial charge in [0.2, 0.25) is 0 Å². The van der Waals surface area contributed by atoms with E-state index in [4.69, 9.17) is 33.5 Å². The summed E-state index contributed by atoms with van der Waals surface area (Å²) in [5.74, 6) is -1.26. The van der Waals surface area contributed by atoms with Crippen LogP contribution in [0.1, 0.15) is 41.5 Å². The van der Waals surface area contributed by atoms with Gasteiger partial charge in [0.05, 0.1) is 36.5 Å². The van der Waals surface area contributed by atoms with E-state index in [1.165, 1.54) is 56.3 Å². The number of benzene rings is 3. The molecule has 0 aliphatic carbocycles. The molecule has 4 aromatic rings. The lowest BCUT2D eigenvalue weighted by molar-refractivity contribution is -0.299. The van der Waals surface area contributed by atoms with Crippen LogP contribution >= 0.6 is 0 Å². The van der Waals surface area contributed by atoms with Gasteiger partial charge < -0.3 is 39.0 Å². The Morgan fingerprint density at radius 1 is 0.569 bits per heavy atom. The maximum atomic E-state index is 12.1. The summed E-state index contributed by atoms with van der Waals surface area (Å²) in [4.78, 5) is 47.7. The molecule has 3 atom stereocenters. The fourth-order valence-corrected chi connectivity index (χ4v) is 4.58. The van der Waals surface area contributed by atoms with E-state index in [0.717, 1.165) is 0 Å². The van der Waals surface area contributed by atoms with Crippen LogP contribution in [0.2, 0.25) is 0 Å². The number of ether oxygens (including phenoxy) is 5. The van der Waals surface area contributed by atoms with Gasteiger partial charge in [0.15, 0.2) is 29.7 Å². The number of aromatic nitrogens is 3. The Morgan fingerprint density at radius 2 is 0.941 bits per heavy atom. The average Bonchev–Trinajstić information content (AvgIpc) is 3.08. The summed E-state index contributed by atoms with van der Waals surface area (Å²) < 4.78 is 27.0. The molecule has 0 saturated carbocycles. The van der Waals surface area contributed by atoms with Crippen LogP contribution in [-0.2, 0) is 28.8 Å². The molecule has 3 aromatic carbocycles. The maximum absolute atomic E-state index is 12.1. The Bertz CT molecular complexity index is 1720. The SMILES string of the molecule is CCOOCC(C)Oc1ccc(-c2nc(-c3ccc(OC(C)C(=O)OCC)cc3O)nc(-c3ccc(OC(C)C(=O)OCC)cc3O)n2)c(O)c1.